The summed E-state index contributed by atoms with van der Waals surface area (Å²) < 4.78 is 7.47. The van der Waals surface area contributed by atoms with Crippen LogP contribution in [0.5, 0.6) is 6.01 Å². The number of aliphatic hydroxyl groups excluding tert-OH is 2. The molecule has 0 unspecified atom stereocenters. The van der Waals surface area contributed by atoms with Gasteiger partial charge in [-0.1, -0.05) is 71.3 Å². The Hall–Kier alpha value is -2.19. The first-order valence-electron chi connectivity index (χ1n) is 12.1. The maximum atomic E-state index is 12.4. The molecule has 1 aliphatic carbocycles. The molecule has 0 bridgehead atoms. The lowest BCUT2D eigenvalue weighted by Crippen LogP contribution is -2.17. The van der Waals surface area contributed by atoms with Crippen molar-refractivity contribution >= 4 is 11.2 Å². The van der Waals surface area contributed by atoms with Crippen molar-refractivity contribution < 1.29 is 14.9 Å². The number of aliphatic hydroxyl groups is 2. The number of nitrogens with one attached hydrogen (secondary N) is 1. The van der Waals surface area contributed by atoms with Crippen molar-refractivity contribution in [3.63, 3.8) is 0 Å². The van der Waals surface area contributed by atoms with E-state index >= 15 is 0 Å². The fraction of sp³-hybridized carbons (Fsp3) is 0.708. The zero-order valence-electron chi connectivity index (χ0n) is 19.3. The molecule has 2 aromatic heterocycles. The highest BCUT2D eigenvalue weighted by Gasteiger charge is 2.38. The number of aromatic nitrogens is 4. The molecule has 3 N–H and O–H groups in total. The van der Waals surface area contributed by atoms with Gasteiger partial charge in [0, 0.05) is 5.92 Å². The summed E-state index contributed by atoms with van der Waals surface area (Å²) in [5.74, 6) is -0.383. The third kappa shape index (κ3) is 5.98. The van der Waals surface area contributed by atoms with E-state index in [2.05, 4.69) is 28.5 Å². The fourth-order valence-corrected chi connectivity index (χ4v) is 4.53. The Morgan fingerprint density at radius 1 is 1.16 bits per heavy atom. The number of rotatable bonds is 14. The molecular weight excluding hydrogens is 408 g/mol. The predicted octanol–water partition coefficient (Wildman–Crippen LogP) is 3.89. The molecule has 0 saturated heterocycles. The van der Waals surface area contributed by atoms with Crippen LogP contribution in [0.25, 0.3) is 11.2 Å². The minimum absolute atomic E-state index is 0.162. The maximum absolute atomic E-state index is 12.4. The molecule has 2 heterocycles. The van der Waals surface area contributed by atoms with Gasteiger partial charge in [0.05, 0.1) is 31.7 Å². The van der Waals surface area contributed by atoms with Crippen molar-refractivity contribution in [2.75, 3.05) is 13.2 Å². The molecule has 1 fully saturated rings. The van der Waals surface area contributed by atoms with Gasteiger partial charge in [0.2, 0.25) is 0 Å². The zero-order chi connectivity index (χ0) is 22.9. The number of hydrogen-bond acceptors (Lipinski definition) is 6. The second-order valence-corrected chi connectivity index (χ2v) is 8.91. The van der Waals surface area contributed by atoms with E-state index in [-0.39, 0.29) is 35.7 Å². The number of nitrogens with zero attached hydrogens (tertiary/aromatic N) is 3. The van der Waals surface area contributed by atoms with Crippen molar-refractivity contribution in [2.24, 2.45) is 5.92 Å². The van der Waals surface area contributed by atoms with Crippen molar-refractivity contribution in [3.05, 3.63) is 28.8 Å². The van der Waals surface area contributed by atoms with Crippen LogP contribution in [0.3, 0.4) is 0 Å². The van der Waals surface area contributed by atoms with Crippen molar-refractivity contribution in [1.82, 2.24) is 19.5 Å². The molecule has 2 aromatic rings. The summed E-state index contributed by atoms with van der Waals surface area (Å²) in [5.41, 5.74) is 0.999. The number of fused-ring (bicyclic) bond motifs is 1. The molecule has 0 amide bonds. The van der Waals surface area contributed by atoms with Gasteiger partial charge in [0.25, 0.3) is 11.6 Å². The average molecular weight is 447 g/mol. The Morgan fingerprint density at radius 3 is 2.44 bits per heavy atom. The number of ether oxygens (including phenoxy) is 1. The molecule has 0 aliphatic heterocycles. The van der Waals surface area contributed by atoms with Gasteiger partial charge in [-0.3, -0.25) is 9.78 Å². The molecule has 8 nitrogen and oxygen atoms in total. The first kappa shape index (κ1) is 24.5. The van der Waals surface area contributed by atoms with E-state index in [9.17, 15) is 15.0 Å². The van der Waals surface area contributed by atoms with Crippen LogP contribution >= 0.6 is 0 Å². The van der Waals surface area contributed by atoms with E-state index in [4.69, 9.17) is 4.74 Å². The second-order valence-electron chi connectivity index (χ2n) is 8.91. The van der Waals surface area contributed by atoms with Crippen LogP contribution < -0.4 is 10.3 Å². The molecule has 1 saturated carbocycles. The summed E-state index contributed by atoms with van der Waals surface area (Å²) in [6, 6.07) is -0.0840. The van der Waals surface area contributed by atoms with E-state index in [0.29, 0.717) is 24.2 Å². The third-order valence-electron chi connectivity index (χ3n) is 6.51. The summed E-state index contributed by atoms with van der Waals surface area (Å²) >= 11 is 0. The molecule has 1 aliphatic rings. The Labute approximate surface area is 189 Å². The number of aromatic amines is 1. The van der Waals surface area contributed by atoms with Crippen LogP contribution in [-0.4, -0.2) is 49.0 Å². The van der Waals surface area contributed by atoms with Gasteiger partial charge < -0.3 is 19.5 Å². The summed E-state index contributed by atoms with van der Waals surface area (Å²) in [6.07, 6.45) is 13.7. The van der Waals surface area contributed by atoms with Crippen LogP contribution in [0.15, 0.2) is 23.3 Å². The Morgan fingerprint density at radius 2 is 1.81 bits per heavy atom. The van der Waals surface area contributed by atoms with Gasteiger partial charge in [0.1, 0.15) is 0 Å². The lowest BCUT2D eigenvalue weighted by molar-refractivity contribution is 0.101. The molecule has 3 rings (SSSR count). The fourth-order valence-electron chi connectivity index (χ4n) is 4.53. The third-order valence-corrected chi connectivity index (χ3v) is 6.51. The summed E-state index contributed by atoms with van der Waals surface area (Å²) in [4.78, 5) is 23.7. The topological polar surface area (TPSA) is 113 Å². The van der Waals surface area contributed by atoms with Gasteiger partial charge in [-0.05, 0) is 18.4 Å². The van der Waals surface area contributed by atoms with Crippen LogP contribution in [0.2, 0.25) is 0 Å². The highest BCUT2D eigenvalue weighted by molar-refractivity contribution is 5.70. The van der Waals surface area contributed by atoms with E-state index in [1.54, 1.807) is 10.9 Å². The molecule has 0 aromatic carbocycles. The smallest absolute Gasteiger partial charge is 0.298 e. The molecule has 178 valence electrons. The number of unbranched alkanes of at least 4 members (excludes halogenated alkanes) is 9. The Balaban J connectivity index is 1.49. The molecule has 0 spiro atoms. The van der Waals surface area contributed by atoms with Gasteiger partial charge in [-0.25, -0.2) is 4.98 Å². The standard InChI is InChI=1S/C24H38N4O4/c1-3-4-5-6-7-8-9-10-11-12-13-32-24-26-22-21(23(31)27-24)25-16-28(22)19-14-20(30)18(15-29)17(19)2/h16,18-20,29-30H,2-15H2,1H3,(H,26,27,31)/t18-,19-,20-/m0/s1. The van der Waals surface area contributed by atoms with Crippen LogP contribution in [0.4, 0.5) is 0 Å². The highest BCUT2D eigenvalue weighted by Crippen LogP contribution is 2.39. The lowest BCUT2D eigenvalue weighted by atomic mass is 10.0. The molecule has 8 heteroatoms. The first-order valence-corrected chi connectivity index (χ1v) is 12.1. The predicted molar refractivity (Wildman–Crippen MR) is 125 cm³/mol. The zero-order valence-corrected chi connectivity index (χ0v) is 19.3. The number of hydrogen-bond donors (Lipinski definition) is 3. The summed E-state index contributed by atoms with van der Waals surface area (Å²) in [7, 11) is 0. The quantitative estimate of drug-likeness (QED) is 0.300. The summed E-state index contributed by atoms with van der Waals surface area (Å²) in [6.45, 7) is 6.62. The number of H-pyrrole nitrogens is 1. The van der Waals surface area contributed by atoms with Gasteiger partial charge in [-0.2, -0.15) is 4.98 Å². The summed E-state index contributed by atoms with van der Waals surface area (Å²) in [5, 5.41) is 19.7. The SMILES string of the molecule is C=C1[C@H](CO)[C@@H](O)C[C@@H]1n1cnc2c(=O)[nH]c(OCCCCCCCCCCCC)nc21. The number of imidazole rings is 1. The largest absolute Gasteiger partial charge is 0.465 e. The van der Waals surface area contributed by atoms with Crippen LogP contribution in [0, 0.1) is 5.92 Å². The van der Waals surface area contributed by atoms with E-state index in [1.165, 1.54) is 51.4 Å². The van der Waals surface area contributed by atoms with E-state index in [1.807, 2.05) is 0 Å². The van der Waals surface area contributed by atoms with Crippen LogP contribution in [-0.2, 0) is 0 Å². The van der Waals surface area contributed by atoms with Crippen LogP contribution in [0.1, 0.15) is 83.6 Å². The van der Waals surface area contributed by atoms with Crippen molar-refractivity contribution in [3.8, 4) is 6.01 Å². The van der Waals surface area contributed by atoms with Gasteiger partial charge in [-0.15, -0.1) is 0 Å². The first-order chi connectivity index (χ1) is 15.6. The maximum Gasteiger partial charge on any atom is 0.298 e. The molecular formula is C24H38N4O4. The van der Waals surface area contributed by atoms with E-state index < -0.39 is 6.10 Å². The highest BCUT2D eigenvalue weighted by atomic mass is 16.5. The Bertz CT molecular complexity index is 922. The molecule has 0 radical (unpaired) electrons. The van der Waals surface area contributed by atoms with Gasteiger partial charge >= 0.3 is 0 Å². The minimum atomic E-state index is -0.677. The van der Waals surface area contributed by atoms with Gasteiger partial charge in [0.15, 0.2) is 11.2 Å². The minimum Gasteiger partial charge on any atom is -0.465 e. The average Bonchev–Trinajstić information content (AvgIpc) is 3.32. The normalized spacial score (nSPS) is 21.0. The monoisotopic (exact) mass is 446 g/mol. The molecule has 32 heavy (non-hydrogen) atoms. The van der Waals surface area contributed by atoms with Crippen molar-refractivity contribution in [2.45, 2.75) is 89.7 Å². The Kier molecular flexibility index (Phi) is 9.29. The van der Waals surface area contributed by atoms with Crippen molar-refractivity contribution in [1.29, 1.82) is 0 Å². The second kappa shape index (κ2) is 12.2. The molecule has 3 atom stereocenters. The lowest BCUT2D eigenvalue weighted by Gasteiger charge is -2.15. The van der Waals surface area contributed by atoms with E-state index in [0.717, 1.165) is 12.8 Å².